The Labute approximate surface area is 97.9 Å². The van der Waals surface area contributed by atoms with Gasteiger partial charge in [-0.3, -0.25) is 4.79 Å². The molecule has 0 aromatic rings. The molecule has 0 atom stereocenters. The van der Waals surface area contributed by atoms with Gasteiger partial charge < -0.3 is 14.4 Å². The maximum atomic E-state index is 10.9. The monoisotopic (exact) mass is 229 g/mol. The summed E-state index contributed by atoms with van der Waals surface area (Å²) in [6, 6.07) is 0. The van der Waals surface area contributed by atoms with Crippen molar-refractivity contribution in [2.45, 2.75) is 25.7 Å². The summed E-state index contributed by atoms with van der Waals surface area (Å²) in [6.45, 7) is 4.16. The third kappa shape index (κ3) is 4.94. The molecule has 0 unspecified atom stereocenters. The first kappa shape index (κ1) is 13.5. The van der Waals surface area contributed by atoms with Crippen molar-refractivity contribution in [1.82, 2.24) is 4.90 Å². The molecule has 0 aromatic carbocycles. The summed E-state index contributed by atoms with van der Waals surface area (Å²) in [5, 5.41) is 0. The van der Waals surface area contributed by atoms with Crippen molar-refractivity contribution in [3.63, 3.8) is 0 Å². The minimum Gasteiger partial charge on any atom is -0.469 e. The Morgan fingerprint density at radius 3 is 2.56 bits per heavy atom. The second-order valence-corrected chi connectivity index (χ2v) is 4.42. The molecule has 1 aliphatic heterocycles. The van der Waals surface area contributed by atoms with E-state index in [2.05, 4.69) is 9.64 Å². The van der Waals surface area contributed by atoms with E-state index in [9.17, 15) is 4.79 Å². The van der Waals surface area contributed by atoms with Crippen LogP contribution >= 0.6 is 0 Å². The third-order valence-corrected chi connectivity index (χ3v) is 3.19. The SMILES string of the molecule is COCC1CCN(CCCC(=O)OC)CC1. The fraction of sp³-hybridized carbons (Fsp3) is 0.917. The molecule has 1 heterocycles. The zero-order valence-corrected chi connectivity index (χ0v) is 10.4. The van der Waals surface area contributed by atoms with Gasteiger partial charge in [0.1, 0.15) is 0 Å². The first-order valence-corrected chi connectivity index (χ1v) is 6.04. The van der Waals surface area contributed by atoms with Crippen LogP contribution in [0.1, 0.15) is 25.7 Å². The summed E-state index contributed by atoms with van der Waals surface area (Å²) in [6.07, 6.45) is 3.87. The molecule has 4 heteroatoms. The Morgan fingerprint density at radius 2 is 2.00 bits per heavy atom. The summed E-state index contributed by atoms with van der Waals surface area (Å²) >= 11 is 0. The highest BCUT2D eigenvalue weighted by Crippen LogP contribution is 2.17. The van der Waals surface area contributed by atoms with Crippen LogP contribution in [0.4, 0.5) is 0 Å². The van der Waals surface area contributed by atoms with Crippen LogP contribution in [0.2, 0.25) is 0 Å². The van der Waals surface area contributed by atoms with Gasteiger partial charge in [0.15, 0.2) is 0 Å². The van der Waals surface area contributed by atoms with Gasteiger partial charge in [-0.05, 0) is 44.8 Å². The molecular formula is C12H23NO3. The summed E-state index contributed by atoms with van der Waals surface area (Å²) in [5.74, 6) is 0.621. The topological polar surface area (TPSA) is 38.8 Å². The summed E-state index contributed by atoms with van der Waals surface area (Å²) in [7, 11) is 3.21. The smallest absolute Gasteiger partial charge is 0.305 e. The minimum absolute atomic E-state index is 0.103. The second-order valence-electron chi connectivity index (χ2n) is 4.42. The number of carbonyl (C=O) groups is 1. The van der Waals surface area contributed by atoms with Crippen molar-refractivity contribution < 1.29 is 14.3 Å². The molecule has 1 aliphatic rings. The summed E-state index contributed by atoms with van der Waals surface area (Å²) in [5.41, 5.74) is 0. The lowest BCUT2D eigenvalue weighted by molar-refractivity contribution is -0.140. The number of hydrogen-bond donors (Lipinski definition) is 0. The van der Waals surface area contributed by atoms with Crippen LogP contribution in [0.25, 0.3) is 0 Å². The van der Waals surface area contributed by atoms with Gasteiger partial charge in [-0.2, -0.15) is 0 Å². The standard InChI is InChI=1S/C12H23NO3/c1-15-10-11-5-8-13(9-6-11)7-3-4-12(14)16-2/h11H,3-10H2,1-2H3. The lowest BCUT2D eigenvalue weighted by atomic mass is 9.98. The van der Waals surface area contributed by atoms with Crippen LogP contribution in [0, 0.1) is 5.92 Å². The molecule has 1 fully saturated rings. The highest BCUT2D eigenvalue weighted by Gasteiger charge is 2.18. The highest BCUT2D eigenvalue weighted by atomic mass is 16.5. The number of rotatable bonds is 6. The van der Waals surface area contributed by atoms with Gasteiger partial charge >= 0.3 is 5.97 Å². The number of esters is 1. The number of ether oxygens (including phenoxy) is 2. The Morgan fingerprint density at radius 1 is 1.31 bits per heavy atom. The van der Waals surface area contributed by atoms with Crippen LogP contribution in [0.5, 0.6) is 0 Å². The molecule has 0 aliphatic carbocycles. The average Bonchev–Trinajstić information content (AvgIpc) is 2.31. The van der Waals surface area contributed by atoms with Gasteiger partial charge in [0, 0.05) is 20.1 Å². The van der Waals surface area contributed by atoms with Crippen LogP contribution in [0.15, 0.2) is 0 Å². The molecule has 4 nitrogen and oxygen atoms in total. The van der Waals surface area contributed by atoms with Crippen molar-refractivity contribution in [3.05, 3.63) is 0 Å². The number of likely N-dealkylation sites (tertiary alicyclic amines) is 1. The molecule has 0 amide bonds. The molecule has 0 bridgehead atoms. The molecule has 94 valence electrons. The number of hydrogen-bond acceptors (Lipinski definition) is 4. The maximum absolute atomic E-state index is 10.9. The van der Waals surface area contributed by atoms with Gasteiger partial charge in [-0.15, -0.1) is 0 Å². The van der Waals surface area contributed by atoms with E-state index in [1.807, 2.05) is 0 Å². The Kier molecular flexibility index (Phi) is 6.42. The largest absolute Gasteiger partial charge is 0.469 e. The summed E-state index contributed by atoms with van der Waals surface area (Å²) < 4.78 is 9.78. The molecule has 0 spiro atoms. The minimum atomic E-state index is -0.103. The van der Waals surface area contributed by atoms with Gasteiger partial charge in [0.05, 0.1) is 7.11 Å². The zero-order chi connectivity index (χ0) is 11.8. The van der Waals surface area contributed by atoms with Crippen molar-refractivity contribution in [3.8, 4) is 0 Å². The van der Waals surface area contributed by atoms with Crippen molar-refractivity contribution >= 4 is 5.97 Å². The van der Waals surface area contributed by atoms with E-state index in [-0.39, 0.29) is 5.97 Å². The van der Waals surface area contributed by atoms with E-state index in [1.165, 1.54) is 20.0 Å². The normalized spacial score (nSPS) is 18.6. The zero-order valence-electron chi connectivity index (χ0n) is 10.4. The van der Waals surface area contributed by atoms with E-state index >= 15 is 0 Å². The molecule has 1 saturated heterocycles. The van der Waals surface area contributed by atoms with Gasteiger partial charge in [-0.1, -0.05) is 0 Å². The number of piperidine rings is 1. The van der Waals surface area contributed by atoms with Gasteiger partial charge in [-0.25, -0.2) is 0 Å². The number of nitrogens with zero attached hydrogens (tertiary/aromatic N) is 1. The number of methoxy groups -OCH3 is 2. The van der Waals surface area contributed by atoms with Crippen molar-refractivity contribution in [2.24, 2.45) is 5.92 Å². The van der Waals surface area contributed by atoms with E-state index in [0.29, 0.717) is 6.42 Å². The molecular weight excluding hydrogens is 206 g/mol. The Balaban J connectivity index is 2.06. The fourth-order valence-corrected chi connectivity index (χ4v) is 2.16. The molecule has 0 saturated carbocycles. The van der Waals surface area contributed by atoms with Gasteiger partial charge in [0.2, 0.25) is 0 Å². The average molecular weight is 229 g/mol. The lowest BCUT2D eigenvalue weighted by Crippen LogP contribution is -2.35. The van der Waals surface area contributed by atoms with Gasteiger partial charge in [0.25, 0.3) is 0 Å². The molecule has 16 heavy (non-hydrogen) atoms. The molecule has 0 radical (unpaired) electrons. The van der Waals surface area contributed by atoms with E-state index in [4.69, 9.17) is 4.74 Å². The first-order chi connectivity index (χ1) is 7.76. The van der Waals surface area contributed by atoms with E-state index < -0.39 is 0 Å². The van der Waals surface area contributed by atoms with E-state index in [1.54, 1.807) is 7.11 Å². The Hall–Kier alpha value is -0.610. The first-order valence-electron chi connectivity index (χ1n) is 6.04. The molecule has 1 rings (SSSR count). The second kappa shape index (κ2) is 7.63. The predicted octanol–water partition coefficient (Wildman–Crippen LogP) is 1.30. The number of carbonyl (C=O) groups excluding carboxylic acids is 1. The highest BCUT2D eigenvalue weighted by molar-refractivity contribution is 5.69. The Bertz CT molecular complexity index is 200. The van der Waals surface area contributed by atoms with Crippen LogP contribution < -0.4 is 0 Å². The predicted molar refractivity (Wildman–Crippen MR) is 62.3 cm³/mol. The lowest BCUT2D eigenvalue weighted by Gasteiger charge is -2.31. The molecule has 0 aromatic heterocycles. The molecule has 0 N–H and O–H groups in total. The van der Waals surface area contributed by atoms with Crippen LogP contribution in [0.3, 0.4) is 0 Å². The maximum Gasteiger partial charge on any atom is 0.305 e. The van der Waals surface area contributed by atoms with Crippen molar-refractivity contribution in [2.75, 3.05) is 40.5 Å². The fourth-order valence-electron chi connectivity index (χ4n) is 2.16. The summed E-state index contributed by atoms with van der Waals surface area (Å²) in [4.78, 5) is 13.4. The third-order valence-electron chi connectivity index (χ3n) is 3.19. The van der Waals surface area contributed by atoms with Crippen LogP contribution in [-0.2, 0) is 14.3 Å². The quantitative estimate of drug-likeness (QED) is 0.643. The van der Waals surface area contributed by atoms with Crippen LogP contribution in [-0.4, -0.2) is 51.3 Å². The van der Waals surface area contributed by atoms with E-state index in [0.717, 1.165) is 38.6 Å². The van der Waals surface area contributed by atoms with Crippen molar-refractivity contribution in [1.29, 1.82) is 0 Å².